The SMILES string of the molecule is CC(C)CCCNS(=O)(=O)c1ccc(N)c2ccccc12. The lowest BCUT2D eigenvalue weighted by Gasteiger charge is -2.11. The van der Waals surface area contributed by atoms with Gasteiger partial charge in [-0.25, -0.2) is 13.1 Å². The summed E-state index contributed by atoms with van der Waals surface area (Å²) in [6.07, 6.45) is 1.84. The molecule has 0 bridgehead atoms. The predicted molar refractivity (Wildman–Crippen MR) is 87.6 cm³/mol. The van der Waals surface area contributed by atoms with Gasteiger partial charge in [0.1, 0.15) is 0 Å². The fourth-order valence-electron chi connectivity index (χ4n) is 2.32. The van der Waals surface area contributed by atoms with Crippen LogP contribution in [-0.4, -0.2) is 15.0 Å². The van der Waals surface area contributed by atoms with E-state index in [0.29, 0.717) is 23.5 Å². The van der Waals surface area contributed by atoms with Crippen LogP contribution in [0.3, 0.4) is 0 Å². The molecule has 0 saturated carbocycles. The Morgan fingerprint density at radius 2 is 1.76 bits per heavy atom. The lowest BCUT2D eigenvalue weighted by atomic mass is 10.1. The standard InChI is InChI=1S/C16H22N2O2S/c1-12(2)6-5-11-18-21(19,20)16-10-9-15(17)13-7-3-4-8-14(13)16/h3-4,7-10,12,18H,5-6,11,17H2,1-2H3. The quantitative estimate of drug-likeness (QED) is 0.636. The predicted octanol–water partition coefficient (Wildman–Crippen LogP) is 3.14. The average molecular weight is 306 g/mol. The largest absolute Gasteiger partial charge is 0.398 e. The maximum Gasteiger partial charge on any atom is 0.241 e. The topological polar surface area (TPSA) is 72.2 Å². The summed E-state index contributed by atoms with van der Waals surface area (Å²) in [6.45, 7) is 4.71. The van der Waals surface area contributed by atoms with Crippen molar-refractivity contribution >= 4 is 26.5 Å². The van der Waals surface area contributed by atoms with Crippen molar-refractivity contribution in [1.82, 2.24) is 4.72 Å². The number of nitrogens with two attached hydrogens (primary N) is 1. The Labute approximate surface area is 126 Å². The van der Waals surface area contributed by atoms with Gasteiger partial charge in [-0.3, -0.25) is 0 Å². The molecule has 5 heteroatoms. The number of sulfonamides is 1. The second-order valence-electron chi connectivity index (χ2n) is 5.63. The van der Waals surface area contributed by atoms with E-state index >= 15 is 0 Å². The molecule has 4 nitrogen and oxygen atoms in total. The highest BCUT2D eigenvalue weighted by molar-refractivity contribution is 7.89. The smallest absolute Gasteiger partial charge is 0.241 e. The first-order chi connectivity index (χ1) is 9.92. The highest BCUT2D eigenvalue weighted by Gasteiger charge is 2.17. The Morgan fingerprint density at radius 1 is 1.10 bits per heavy atom. The first-order valence-electron chi connectivity index (χ1n) is 7.18. The summed E-state index contributed by atoms with van der Waals surface area (Å²) in [6, 6.07) is 10.5. The van der Waals surface area contributed by atoms with Gasteiger partial charge in [0.05, 0.1) is 4.90 Å². The fourth-order valence-corrected chi connectivity index (χ4v) is 3.61. The number of anilines is 1. The third kappa shape index (κ3) is 3.74. The Morgan fingerprint density at radius 3 is 2.43 bits per heavy atom. The monoisotopic (exact) mass is 306 g/mol. The molecular formula is C16H22N2O2S. The molecular weight excluding hydrogens is 284 g/mol. The Balaban J connectivity index is 2.26. The van der Waals surface area contributed by atoms with Crippen LogP contribution in [0.2, 0.25) is 0 Å². The molecule has 0 aliphatic rings. The van der Waals surface area contributed by atoms with Crippen LogP contribution in [0.25, 0.3) is 10.8 Å². The summed E-state index contributed by atoms with van der Waals surface area (Å²) < 4.78 is 27.6. The van der Waals surface area contributed by atoms with Crippen LogP contribution in [0.15, 0.2) is 41.3 Å². The maximum atomic E-state index is 12.5. The van der Waals surface area contributed by atoms with Gasteiger partial charge in [-0.05, 0) is 30.9 Å². The van der Waals surface area contributed by atoms with E-state index in [-0.39, 0.29) is 4.90 Å². The molecule has 114 valence electrons. The van der Waals surface area contributed by atoms with Crippen LogP contribution in [0.5, 0.6) is 0 Å². The molecule has 21 heavy (non-hydrogen) atoms. The first kappa shape index (κ1) is 15.8. The number of nitrogen functional groups attached to an aromatic ring is 1. The first-order valence-corrected chi connectivity index (χ1v) is 8.67. The number of hydrogen-bond donors (Lipinski definition) is 2. The van der Waals surface area contributed by atoms with Crippen LogP contribution in [0, 0.1) is 5.92 Å². The summed E-state index contributed by atoms with van der Waals surface area (Å²) in [5.41, 5.74) is 6.50. The van der Waals surface area contributed by atoms with E-state index in [1.54, 1.807) is 18.2 Å². The Hall–Kier alpha value is -1.59. The molecule has 3 N–H and O–H groups in total. The van der Waals surface area contributed by atoms with Crippen molar-refractivity contribution in [1.29, 1.82) is 0 Å². The van der Waals surface area contributed by atoms with Crippen LogP contribution in [0.4, 0.5) is 5.69 Å². The normalized spacial score (nSPS) is 12.1. The second-order valence-corrected chi connectivity index (χ2v) is 7.37. The summed E-state index contributed by atoms with van der Waals surface area (Å²) in [5.74, 6) is 0.576. The van der Waals surface area contributed by atoms with E-state index in [1.165, 1.54) is 0 Å². The number of rotatable bonds is 6. The zero-order valence-corrected chi connectivity index (χ0v) is 13.3. The third-order valence-electron chi connectivity index (χ3n) is 3.46. The van der Waals surface area contributed by atoms with Gasteiger partial charge in [-0.1, -0.05) is 38.1 Å². The zero-order valence-electron chi connectivity index (χ0n) is 12.5. The molecule has 0 aromatic heterocycles. The van der Waals surface area contributed by atoms with Crippen molar-refractivity contribution in [2.24, 2.45) is 5.92 Å². The molecule has 0 aliphatic carbocycles. The van der Waals surface area contributed by atoms with Gasteiger partial charge < -0.3 is 5.73 Å². The second kappa shape index (κ2) is 6.45. The van der Waals surface area contributed by atoms with Crippen LogP contribution in [0.1, 0.15) is 26.7 Å². The van der Waals surface area contributed by atoms with Gasteiger partial charge in [0.15, 0.2) is 0 Å². The number of fused-ring (bicyclic) bond motifs is 1. The minimum atomic E-state index is -3.51. The third-order valence-corrected chi connectivity index (χ3v) is 4.98. The van der Waals surface area contributed by atoms with Crippen molar-refractivity contribution in [3.05, 3.63) is 36.4 Å². The van der Waals surface area contributed by atoms with Crippen LogP contribution < -0.4 is 10.5 Å². The molecule has 0 atom stereocenters. The van der Waals surface area contributed by atoms with E-state index in [0.717, 1.165) is 18.2 Å². The molecule has 2 rings (SSSR count). The zero-order chi connectivity index (χ0) is 15.5. The van der Waals surface area contributed by atoms with Crippen molar-refractivity contribution in [2.75, 3.05) is 12.3 Å². The minimum Gasteiger partial charge on any atom is -0.398 e. The van der Waals surface area contributed by atoms with E-state index in [2.05, 4.69) is 18.6 Å². The molecule has 0 heterocycles. The highest BCUT2D eigenvalue weighted by Crippen LogP contribution is 2.27. The molecule has 0 saturated heterocycles. The van der Waals surface area contributed by atoms with Gasteiger partial charge in [0.2, 0.25) is 10.0 Å². The summed E-state index contributed by atoms with van der Waals surface area (Å²) in [7, 11) is -3.51. The number of nitrogens with one attached hydrogen (secondary N) is 1. The van der Waals surface area contributed by atoms with Crippen molar-refractivity contribution in [3.8, 4) is 0 Å². The van der Waals surface area contributed by atoms with E-state index in [4.69, 9.17) is 5.73 Å². The van der Waals surface area contributed by atoms with E-state index < -0.39 is 10.0 Å². The fraction of sp³-hybridized carbons (Fsp3) is 0.375. The summed E-state index contributed by atoms with van der Waals surface area (Å²) >= 11 is 0. The minimum absolute atomic E-state index is 0.289. The highest BCUT2D eigenvalue weighted by atomic mass is 32.2. The molecule has 2 aromatic rings. The van der Waals surface area contributed by atoms with Crippen LogP contribution in [-0.2, 0) is 10.0 Å². The van der Waals surface area contributed by atoms with Gasteiger partial charge in [-0.15, -0.1) is 0 Å². The van der Waals surface area contributed by atoms with Crippen molar-refractivity contribution in [2.45, 2.75) is 31.6 Å². The molecule has 2 aromatic carbocycles. The lowest BCUT2D eigenvalue weighted by Crippen LogP contribution is -2.25. The molecule has 0 aliphatic heterocycles. The molecule has 0 unspecified atom stereocenters. The summed E-state index contributed by atoms with van der Waals surface area (Å²) in [5, 5.41) is 1.43. The van der Waals surface area contributed by atoms with Crippen LogP contribution >= 0.6 is 0 Å². The van der Waals surface area contributed by atoms with E-state index in [9.17, 15) is 8.42 Å². The lowest BCUT2D eigenvalue weighted by molar-refractivity contribution is 0.540. The molecule has 0 radical (unpaired) electrons. The van der Waals surface area contributed by atoms with Crippen molar-refractivity contribution < 1.29 is 8.42 Å². The van der Waals surface area contributed by atoms with Gasteiger partial charge >= 0.3 is 0 Å². The summed E-state index contributed by atoms with van der Waals surface area (Å²) in [4.78, 5) is 0.289. The van der Waals surface area contributed by atoms with Gasteiger partial charge in [-0.2, -0.15) is 0 Å². The Kier molecular flexibility index (Phi) is 4.85. The number of benzene rings is 2. The Bertz CT molecular complexity index is 724. The van der Waals surface area contributed by atoms with Gasteiger partial charge in [0, 0.05) is 23.0 Å². The van der Waals surface area contributed by atoms with Crippen molar-refractivity contribution in [3.63, 3.8) is 0 Å². The number of hydrogen-bond acceptors (Lipinski definition) is 3. The molecule has 0 amide bonds. The van der Waals surface area contributed by atoms with E-state index in [1.807, 2.05) is 18.2 Å². The average Bonchev–Trinajstić information content (AvgIpc) is 2.44. The molecule has 0 fully saturated rings. The maximum absolute atomic E-state index is 12.5. The molecule has 0 spiro atoms. The van der Waals surface area contributed by atoms with Gasteiger partial charge in [0.25, 0.3) is 0 Å².